The highest BCUT2D eigenvalue weighted by molar-refractivity contribution is 5.02. The molecule has 0 saturated carbocycles. The molecular weight excluding hydrogens is 219 g/mol. The van der Waals surface area contributed by atoms with Crippen molar-refractivity contribution in [2.75, 3.05) is 0 Å². The van der Waals surface area contributed by atoms with Crippen LogP contribution in [0.2, 0.25) is 0 Å². The predicted octanol–water partition coefficient (Wildman–Crippen LogP) is 2.17. The average Bonchev–Trinajstić information content (AvgIpc) is 2.63. The van der Waals surface area contributed by atoms with Crippen molar-refractivity contribution < 1.29 is 13.2 Å². The number of aryl methyl sites for hydroxylation is 1. The zero-order chi connectivity index (χ0) is 11.8. The first-order chi connectivity index (χ1) is 7.48. The molecule has 1 aliphatic heterocycles. The van der Waals surface area contributed by atoms with Crippen LogP contribution in [0.4, 0.5) is 13.2 Å². The highest BCUT2D eigenvalue weighted by Gasteiger charge is 2.42. The third-order valence-electron chi connectivity index (χ3n) is 2.95. The van der Waals surface area contributed by atoms with E-state index < -0.39 is 12.2 Å². The molecule has 6 heteroatoms. The maximum Gasteiger partial charge on any atom is 0.403 e. The molecule has 1 fully saturated rings. The number of halogens is 3. The van der Waals surface area contributed by atoms with Crippen LogP contribution in [0.1, 0.15) is 31.1 Å². The SMILES string of the molecule is Cn1ccnc1C1CCCC(C(F)(F)F)N1. The number of imidazole rings is 1. The summed E-state index contributed by atoms with van der Waals surface area (Å²) in [6.07, 6.45) is 0.628. The minimum absolute atomic E-state index is 0.157. The molecule has 0 aliphatic carbocycles. The number of hydrogen-bond acceptors (Lipinski definition) is 2. The zero-order valence-electron chi connectivity index (χ0n) is 8.96. The van der Waals surface area contributed by atoms with Crippen LogP contribution in [0.5, 0.6) is 0 Å². The monoisotopic (exact) mass is 233 g/mol. The molecule has 1 aromatic heterocycles. The highest BCUT2D eigenvalue weighted by atomic mass is 19.4. The van der Waals surface area contributed by atoms with E-state index in [1.165, 1.54) is 0 Å². The number of rotatable bonds is 1. The molecule has 2 unspecified atom stereocenters. The number of nitrogens with one attached hydrogen (secondary N) is 1. The molecule has 0 aromatic carbocycles. The fourth-order valence-corrected chi connectivity index (χ4v) is 2.11. The number of aromatic nitrogens is 2. The third kappa shape index (κ3) is 2.21. The number of alkyl halides is 3. The summed E-state index contributed by atoms with van der Waals surface area (Å²) >= 11 is 0. The van der Waals surface area contributed by atoms with Gasteiger partial charge in [0, 0.05) is 19.4 Å². The van der Waals surface area contributed by atoms with E-state index in [1.807, 2.05) is 0 Å². The second-order valence-electron chi connectivity index (χ2n) is 4.14. The number of piperidine rings is 1. The van der Waals surface area contributed by atoms with Crippen molar-refractivity contribution in [1.82, 2.24) is 14.9 Å². The minimum Gasteiger partial charge on any atom is -0.337 e. The van der Waals surface area contributed by atoms with E-state index in [0.29, 0.717) is 18.7 Å². The van der Waals surface area contributed by atoms with Crippen molar-refractivity contribution in [3.63, 3.8) is 0 Å². The number of nitrogens with zero attached hydrogens (tertiary/aromatic N) is 2. The molecule has 2 atom stereocenters. The van der Waals surface area contributed by atoms with Crippen LogP contribution in [-0.4, -0.2) is 21.8 Å². The van der Waals surface area contributed by atoms with Crippen LogP contribution in [0.15, 0.2) is 12.4 Å². The van der Waals surface area contributed by atoms with Gasteiger partial charge in [-0.25, -0.2) is 4.98 Å². The Balaban J connectivity index is 2.11. The molecular formula is C10H14F3N3. The van der Waals surface area contributed by atoms with E-state index in [2.05, 4.69) is 10.3 Å². The maximum atomic E-state index is 12.6. The van der Waals surface area contributed by atoms with Gasteiger partial charge in [0.25, 0.3) is 0 Å². The number of hydrogen-bond donors (Lipinski definition) is 1. The van der Waals surface area contributed by atoms with Gasteiger partial charge < -0.3 is 4.57 Å². The zero-order valence-corrected chi connectivity index (χ0v) is 8.96. The van der Waals surface area contributed by atoms with Crippen LogP contribution < -0.4 is 5.32 Å². The van der Waals surface area contributed by atoms with Gasteiger partial charge in [-0.2, -0.15) is 13.2 Å². The highest BCUT2D eigenvalue weighted by Crippen LogP contribution is 2.32. The van der Waals surface area contributed by atoms with E-state index in [0.717, 1.165) is 0 Å². The minimum atomic E-state index is -4.16. The predicted molar refractivity (Wildman–Crippen MR) is 52.8 cm³/mol. The van der Waals surface area contributed by atoms with E-state index in [9.17, 15) is 13.2 Å². The van der Waals surface area contributed by atoms with Gasteiger partial charge in [-0.15, -0.1) is 0 Å². The largest absolute Gasteiger partial charge is 0.403 e. The molecule has 1 aromatic rings. The van der Waals surface area contributed by atoms with Gasteiger partial charge in [0.1, 0.15) is 11.9 Å². The lowest BCUT2D eigenvalue weighted by atomic mass is 9.97. The van der Waals surface area contributed by atoms with Gasteiger partial charge in [0.05, 0.1) is 6.04 Å². The summed E-state index contributed by atoms with van der Waals surface area (Å²) in [6, 6.07) is -1.69. The van der Waals surface area contributed by atoms with E-state index in [1.54, 1.807) is 24.0 Å². The van der Waals surface area contributed by atoms with Crippen LogP contribution in [0.3, 0.4) is 0 Å². The summed E-state index contributed by atoms with van der Waals surface area (Å²) in [5.41, 5.74) is 0. The average molecular weight is 233 g/mol. The Morgan fingerprint density at radius 2 is 2.19 bits per heavy atom. The van der Waals surface area contributed by atoms with E-state index in [-0.39, 0.29) is 12.5 Å². The van der Waals surface area contributed by atoms with Crippen LogP contribution in [0, 0.1) is 0 Å². The normalized spacial score (nSPS) is 27.0. The molecule has 2 heterocycles. The molecule has 3 nitrogen and oxygen atoms in total. The molecule has 16 heavy (non-hydrogen) atoms. The van der Waals surface area contributed by atoms with Crippen molar-refractivity contribution in [2.45, 2.75) is 37.5 Å². The Kier molecular flexibility index (Phi) is 2.92. The van der Waals surface area contributed by atoms with Crippen LogP contribution >= 0.6 is 0 Å². The summed E-state index contributed by atoms with van der Waals surface area (Å²) in [5.74, 6) is 0.675. The summed E-state index contributed by atoms with van der Waals surface area (Å²) in [7, 11) is 1.79. The van der Waals surface area contributed by atoms with Crippen molar-refractivity contribution in [1.29, 1.82) is 0 Å². The van der Waals surface area contributed by atoms with Crippen molar-refractivity contribution in [2.24, 2.45) is 7.05 Å². The quantitative estimate of drug-likeness (QED) is 0.805. The smallest absolute Gasteiger partial charge is 0.337 e. The summed E-state index contributed by atoms with van der Waals surface area (Å²) in [5, 5.41) is 2.63. The van der Waals surface area contributed by atoms with Crippen molar-refractivity contribution >= 4 is 0 Å². The van der Waals surface area contributed by atoms with Gasteiger partial charge in [0.2, 0.25) is 0 Å². The standard InChI is InChI=1S/C10H14F3N3/c1-16-6-5-14-9(16)7-3-2-4-8(15-7)10(11,12)13/h5-8,15H,2-4H2,1H3. The Bertz CT molecular complexity index is 358. The fourth-order valence-electron chi connectivity index (χ4n) is 2.11. The second-order valence-corrected chi connectivity index (χ2v) is 4.14. The molecule has 2 rings (SSSR count). The lowest BCUT2D eigenvalue weighted by molar-refractivity contribution is -0.163. The lowest BCUT2D eigenvalue weighted by Gasteiger charge is -2.31. The summed E-state index contributed by atoms with van der Waals surface area (Å²) < 4.78 is 39.5. The topological polar surface area (TPSA) is 29.9 Å². The van der Waals surface area contributed by atoms with Gasteiger partial charge in [-0.1, -0.05) is 0 Å². The third-order valence-corrected chi connectivity index (χ3v) is 2.95. The van der Waals surface area contributed by atoms with Gasteiger partial charge in [-0.05, 0) is 19.3 Å². The maximum absolute atomic E-state index is 12.6. The fraction of sp³-hybridized carbons (Fsp3) is 0.700. The van der Waals surface area contributed by atoms with E-state index >= 15 is 0 Å². The van der Waals surface area contributed by atoms with Gasteiger partial charge >= 0.3 is 6.18 Å². The lowest BCUT2D eigenvalue weighted by Crippen LogP contribution is -2.47. The second kappa shape index (κ2) is 4.08. The Hall–Kier alpha value is -1.04. The van der Waals surface area contributed by atoms with Gasteiger partial charge in [0.15, 0.2) is 0 Å². The van der Waals surface area contributed by atoms with Crippen LogP contribution in [0.25, 0.3) is 0 Å². The Labute approximate surface area is 91.7 Å². The summed E-state index contributed by atoms with van der Waals surface area (Å²) in [4.78, 5) is 4.09. The molecule has 0 bridgehead atoms. The first-order valence-electron chi connectivity index (χ1n) is 5.28. The first kappa shape index (κ1) is 11.4. The molecule has 0 radical (unpaired) electrons. The Morgan fingerprint density at radius 3 is 2.75 bits per heavy atom. The molecule has 0 spiro atoms. The van der Waals surface area contributed by atoms with Crippen molar-refractivity contribution in [3.8, 4) is 0 Å². The summed E-state index contributed by atoms with van der Waals surface area (Å²) in [6.45, 7) is 0. The van der Waals surface area contributed by atoms with Crippen LogP contribution in [-0.2, 0) is 7.05 Å². The molecule has 1 N–H and O–H groups in total. The van der Waals surface area contributed by atoms with Gasteiger partial charge in [-0.3, -0.25) is 5.32 Å². The molecule has 0 amide bonds. The molecule has 1 saturated heterocycles. The Morgan fingerprint density at radius 1 is 1.44 bits per heavy atom. The van der Waals surface area contributed by atoms with E-state index in [4.69, 9.17) is 0 Å². The molecule has 1 aliphatic rings. The molecule has 90 valence electrons. The first-order valence-corrected chi connectivity index (χ1v) is 5.28. The van der Waals surface area contributed by atoms with Crippen molar-refractivity contribution in [3.05, 3.63) is 18.2 Å².